The summed E-state index contributed by atoms with van der Waals surface area (Å²) < 4.78 is 5.25. The molecule has 2 saturated heterocycles. The molecule has 2 rings (SSSR count). The molecule has 8 heteroatoms. The monoisotopic (exact) mass is 426 g/mol. The number of nitrogens with two attached hydrogens (primary N) is 2. The molecule has 2 heterocycles. The number of quaternary nitrogens is 1. The number of cyclic esters (lactones) is 1. The number of aliphatic carboxylic acids is 1. The van der Waals surface area contributed by atoms with Crippen molar-refractivity contribution in [2.45, 2.75) is 108 Å². The van der Waals surface area contributed by atoms with Gasteiger partial charge in [-0.3, -0.25) is 0 Å². The zero-order chi connectivity index (χ0) is 22.1. The Morgan fingerprint density at radius 2 is 1.93 bits per heavy atom. The molecule has 0 aromatic heterocycles. The van der Waals surface area contributed by atoms with Gasteiger partial charge in [0.05, 0.1) is 6.54 Å². The number of hydrogen-bond acceptors (Lipinski definition) is 6. The maximum absolute atomic E-state index is 13.5. The summed E-state index contributed by atoms with van der Waals surface area (Å²) in [6.07, 6.45) is 9.40. The number of carbonyl (C=O) groups is 3. The van der Waals surface area contributed by atoms with Gasteiger partial charge in [-0.05, 0) is 38.6 Å². The maximum atomic E-state index is 13.5. The van der Waals surface area contributed by atoms with Crippen LogP contribution in [0.1, 0.15) is 84.0 Å². The van der Waals surface area contributed by atoms with Crippen LogP contribution in [0.4, 0.5) is 0 Å². The van der Waals surface area contributed by atoms with E-state index in [0.29, 0.717) is 45.2 Å². The van der Waals surface area contributed by atoms with Crippen LogP contribution < -0.4 is 11.5 Å². The third-order valence-electron chi connectivity index (χ3n) is 6.77. The number of rotatable bonds is 13. The van der Waals surface area contributed by atoms with Crippen molar-refractivity contribution in [3.8, 4) is 0 Å². The minimum atomic E-state index is -1.04. The second-order valence-electron chi connectivity index (χ2n) is 8.89. The van der Waals surface area contributed by atoms with Crippen LogP contribution in [0.25, 0.3) is 0 Å². The Morgan fingerprint density at radius 1 is 1.20 bits per heavy atom. The van der Waals surface area contributed by atoms with Gasteiger partial charge in [0, 0.05) is 19.3 Å². The van der Waals surface area contributed by atoms with Gasteiger partial charge >= 0.3 is 17.8 Å². The molecule has 0 aromatic rings. The predicted molar refractivity (Wildman–Crippen MR) is 113 cm³/mol. The fraction of sp³-hybridized carbons (Fsp3) is 0.864. The highest BCUT2D eigenvalue weighted by Crippen LogP contribution is 2.38. The summed E-state index contributed by atoms with van der Waals surface area (Å²) >= 11 is 0. The summed E-state index contributed by atoms with van der Waals surface area (Å²) in [5.41, 5.74) is 11.7. The van der Waals surface area contributed by atoms with Crippen molar-refractivity contribution < 1.29 is 28.7 Å². The summed E-state index contributed by atoms with van der Waals surface area (Å²) in [5.74, 6) is -1.81. The summed E-state index contributed by atoms with van der Waals surface area (Å²) in [4.78, 5) is 38.4. The number of ether oxygens (including phenoxy) is 1. The molecule has 172 valence electrons. The number of amides is 1. The summed E-state index contributed by atoms with van der Waals surface area (Å²) in [6, 6.07) is -2.49. The Labute approximate surface area is 179 Å². The normalized spacial score (nSPS) is 29.7. The van der Waals surface area contributed by atoms with Gasteiger partial charge < -0.3 is 21.3 Å². The van der Waals surface area contributed by atoms with Crippen LogP contribution in [0.15, 0.2) is 0 Å². The number of unbranched alkanes of at least 4 members (excludes halogenated alkanes) is 5. The molecule has 0 saturated carbocycles. The Kier molecular flexibility index (Phi) is 9.71. The van der Waals surface area contributed by atoms with Crippen molar-refractivity contribution in [3.63, 3.8) is 0 Å². The lowest BCUT2D eigenvalue weighted by molar-refractivity contribution is -0.874. The minimum absolute atomic E-state index is 0.240. The first kappa shape index (κ1) is 24.8. The van der Waals surface area contributed by atoms with Crippen LogP contribution in [0.3, 0.4) is 0 Å². The lowest BCUT2D eigenvalue weighted by atomic mass is 9.98. The van der Waals surface area contributed by atoms with Crippen molar-refractivity contribution >= 4 is 17.8 Å². The second-order valence-corrected chi connectivity index (χ2v) is 8.89. The molecule has 30 heavy (non-hydrogen) atoms. The molecule has 5 N–H and O–H groups in total. The second kappa shape index (κ2) is 11.8. The van der Waals surface area contributed by atoms with E-state index in [1.807, 2.05) is 0 Å². The van der Waals surface area contributed by atoms with Gasteiger partial charge in [0.2, 0.25) is 0 Å². The molecule has 2 aliphatic rings. The van der Waals surface area contributed by atoms with Gasteiger partial charge in [0.1, 0.15) is 12.1 Å². The standard InChI is InChI=1S/C22H39N3O5/c1-2-3-4-5-6-10-16-15-19(22(29)30-16)25(14-9-12-18(25)21(27)28)20(26)17(24)11-7-8-13-23/h16-19H,2-15,23-24H2,1H3/p+1/t16?,17-,18-,19?,25?/m0/s1. The fourth-order valence-electron chi connectivity index (χ4n) is 5.15. The van der Waals surface area contributed by atoms with Gasteiger partial charge in [0.25, 0.3) is 0 Å². The van der Waals surface area contributed by atoms with Crippen molar-refractivity contribution in [2.24, 2.45) is 11.5 Å². The average molecular weight is 427 g/mol. The van der Waals surface area contributed by atoms with Gasteiger partial charge in [-0.2, -0.15) is 0 Å². The fourth-order valence-corrected chi connectivity index (χ4v) is 5.15. The molecular weight excluding hydrogens is 386 g/mol. The quantitative estimate of drug-likeness (QED) is 0.233. The summed E-state index contributed by atoms with van der Waals surface area (Å²) in [5, 5.41) is 9.85. The topological polar surface area (TPSA) is 133 Å². The maximum Gasteiger partial charge on any atom is 0.365 e. The van der Waals surface area contributed by atoms with E-state index in [-0.39, 0.29) is 16.5 Å². The molecule has 2 fully saturated rings. The predicted octanol–water partition coefficient (Wildman–Crippen LogP) is 2.08. The van der Waals surface area contributed by atoms with Crippen molar-refractivity contribution in [1.29, 1.82) is 0 Å². The van der Waals surface area contributed by atoms with E-state index in [0.717, 1.165) is 32.1 Å². The Hall–Kier alpha value is -1.51. The van der Waals surface area contributed by atoms with Crippen LogP contribution in [0.5, 0.6) is 0 Å². The molecule has 8 nitrogen and oxygen atoms in total. The first-order valence-electron chi connectivity index (χ1n) is 11.7. The number of carboxylic acids is 1. The van der Waals surface area contributed by atoms with Crippen LogP contribution >= 0.6 is 0 Å². The highest BCUT2D eigenvalue weighted by atomic mass is 16.6. The highest BCUT2D eigenvalue weighted by molar-refractivity contribution is 5.85. The number of carboxylic acid groups (broad SMARTS) is 1. The average Bonchev–Trinajstić information content (AvgIpc) is 3.31. The number of likely N-dealkylation sites (tertiary alicyclic amines) is 1. The minimum Gasteiger partial charge on any atom is -0.477 e. The molecule has 0 bridgehead atoms. The van der Waals surface area contributed by atoms with E-state index in [1.54, 1.807) is 0 Å². The third kappa shape index (κ3) is 5.59. The first-order chi connectivity index (χ1) is 14.4. The highest BCUT2D eigenvalue weighted by Gasteiger charge is 2.62. The van der Waals surface area contributed by atoms with E-state index in [4.69, 9.17) is 16.2 Å². The van der Waals surface area contributed by atoms with Crippen LogP contribution in [-0.4, -0.2) is 64.8 Å². The van der Waals surface area contributed by atoms with Gasteiger partial charge in [0.15, 0.2) is 12.1 Å². The van der Waals surface area contributed by atoms with E-state index >= 15 is 0 Å². The summed E-state index contributed by atoms with van der Waals surface area (Å²) in [7, 11) is 0. The Morgan fingerprint density at radius 3 is 2.60 bits per heavy atom. The molecule has 0 radical (unpaired) electrons. The smallest absolute Gasteiger partial charge is 0.365 e. The molecule has 0 aliphatic carbocycles. The molecule has 0 aromatic carbocycles. The Balaban J connectivity index is 2.14. The number of hydrogen-bond donors (Lipinski definition) is 3. The Bertz CT molecular complexity index is 599. The van der Waals surface area contributed by atoms with E-state index in [2.05, 4.69) is 6.92 Å². The van der Waals surface area contributed by atoms with Gasteiger partial charge in [-0.15, -0.1) is 0 Å². The number of esters is 1. The van der Waals surface area contributed by atoms with E-state index in [1.165, 1.54) is 12.8 Å². The third-order valence-corrected chi connectivity index (χ3v) is 6.77. The zero-order valence-electron chi connectivity index (χ0n) is 18.4. The lowest BCUT2D eigenvalue weighted by Crippen LogP contribution is -2.69. The zero-order valence-corrected chi connectivity index (χ0v) is 18.4. The van der Waals surface area contributed by atoms with Crippen LogP contribution in [-0.2, 0) is 19.1 Å². The van der Waals surface area contributed by atoms with E-state index < -0.39 is 30.1 Å². The SMILES string of the molecule is CCCCCCCC1CC([N+]2(C(=O)[C@@H](N)CCCCN)CCC[C@H]2C(=O)O)C(=O)O1. The summed E-state index contributed by atoms with van der Waals surface area (Å²) in [6.45, 7) is 3.02. The van der Waals surface area contributed by atoms with Crippen LogP contribution in [0, 0.1) is 0 Å². The molecular formula is C22H40N3O5+. The van der Waals surface area contributed by atoms with Gasteiger partial charge in [-0.1, -0.05) is 32.6 Å². The van der Waals surface area contributed by atoms with Crippen LogP contribution in [0.2, 0.25) is 0 Å². The van der Waals surface area contributed by atoms with E-state index in [9.17, 15) is 19.5 Å². The molecule has 3 unspecified atom stereocenters. The van der Waals surface area contributed by atoms with Crippen molar-refractivity contribution in [1.82, 2.24) is 0 Å². The lowest BCUT2D eigenvalue weighted by Gasteiger charge is -2.40. The largest absolute Gasteiger partial charge is 0.477 e. The molecule has 5 atom stereocenters. The molecule has 1 amide bonds. The van der Waals surface area contributed by atoms with Crippen molar-refractivity contribution in [3.05, 3.63) is 0 Å². The van der Waals surface area contributed by atoms with Gasteiger partial charge in [-0.25, -0.2) is 18.9 Å². The molecule has 2 aliphatic heterocycles. The number of carbonyl (C=O) groups excluding carboxylic acids is 2. The number of nitrogens with zero attached hydrogens (tertiary/aromatic N) is 1. The molecule has 0 spiro atoms. The first-order valence-corrected chi connectivity index (χ1v) is 11.7. The van der Waals surface area contributed by atoms with Crippen molar-refractivity contribution in [2.75, 3.05) is 13.1 Å².